The van der Waals surface area contributed by atoms with Crippen LogP contribution in [0.4, 0.5) is 10.1 Å². The van der Waals surface area contributed by atoms with Gasteiger partial charge in [-0.2, -0.15) is 0 Å². The molecule has 0 aliphatic rings. The first-order chi connectivity index (χ1) is 10.6. The third-order valence-electron chi connectivity index (χ3n) is 2.76. The molecule has 0 aliphatic heterocycles. The van der Waals surface area contributed by atoms with Gasteiger partial charge in [0.1, 0.15) is 24.8 Å². The van der Waals surface area contributed by atoms with E-state index in [1.807, 2.05) is 0 Å². The van der Waals surface area contributed by atoms with Gasteiger partial charge in [-0.25, -0.2) is 4.39 Å². The van der Waals surface area contributed by atoms with Crippen molar-refractivity contribution < 1.29 is 23.5 Å². The Morgan fingerprint density at radius 1 is 1.09 bits per heavy atom. The van der Waals surface area contributed by atoms with E-state index in [9.17, 15) is 14.5 Å². The summed E-state index contributed by atoms with van der Waals surface area (Å²) >= 11 is 0. The fourth-order valence-corrected chi connectivity index (χ4v) is 1.76. The van der Waals surface area contributed by atoms with E-state index in [-0.39, 0.29) is 30.5 Å². The quantitative estimate of drug-likeness (QED) is 0.446. The molecule has 2 aromatic rings. The maximum Gasteiger partial charge on any atom is 0.273 e. The van der Waals surface area contributed by atoms with Gasteiger partial charge in [0.25, 0.3) is 5.69 Å². The molecule has 0 saturated carbocycles. The lowest BCUT2D eigenvalue weighted by Gasteiger charge is -2.11. The highest BCUT2D eigenvalue weighted by Crippen LogP contribution is 2.31. The van der Waals surface area contributed by atoms with Crippen molar-refractivity contribution in [2.24, 2.45) is 0 Å². The molecular formula is C15H14FNO5. The molecule has 0 aromatic heterocycles. The van der Waals surface area contributed by atoms with Crippen LogP contribution in [0.5, 0.6) is 17.2 Å². The predicted octanol–water partition coefficient (Wildman–Crippen LogP) is 3.20. The zero-order valence-electron chi connectivity index (χ0n) is 11.8. The summed E-state index contributed by atoms with van der Waals surface area (Å²) in [6, 6.07) is 9.84. The standard InChI is InChI=1S/C15H14FNO5/c1-20-15-10-12(17(18)19)5-6-14(15)22-8-7-21-13-4-2-3-11(16)9-13/h2-6,9-10H,7-8H2,1H3. The Kier molecular flexibility index (Phi) is 5.13. The Hall–Kier alpha value is -2.83. The van der Waals surface area contributed by atoms with E-state index in [1.165, 1.54) is 37.4 Å². The second kappa shape index (κ2) is 7.26. The van der Waals surface area contributed by atoms with Crippen molar-refractivity contribution in [1.29, 1.82) is 0 Å². The number of hydrogen-bond donors (Lipinski definition) is 0. The average Bonchev–Trinajstić information content (AvgIpc) is 2.51. The van der Waals surface area contributed by atoms with Crippen LogP contribution in [0.3, 0.4) is 0 Å². The molecule has 0 amide bonds. The van der Waals surface area contributed by atoms with Gasteiger partial charge in [0.15, 0.2) is 11.5 Å². The molecule has 7 heteroatoms. The third kappa shape index (κ3) is 4.08. The number of methoxy groups -OCH3 is 1. The Morgan fingerprint density at radius 2 is 1.86 bits per heavy atom. The van der Waals surface area contributed by atoms with Crippen molar-refractivity contribution in [2.45, 2.75) is 0 Å². The molecule has 0 unspecified atom stereocenters. The van der Waals surface area contributed by atoms with Crippen LogP contribution in [0, 0.1) is 15.9 Å². The topological polar surface area (TPSA) is 70.8 Å². The third-order valence-corrected chi connectivity index (χ3v) is 2.76. The van der Waals surface area contributed by atoms with E-state index in [1.54, 1.807) is 12.1 Å². The first-order valence-electron chi connectivity index (χ1n) is 6.44. The summed E-state index contributed by atoms with van der Waals surface area (Å²) in [5.74, 6) is 0.658. The van der Waals surface area contributed by atoms with Gasteiger partial charge in [-0.1, -0.05) is 6.07 Å². The summed E-state index contributed by atoms with van der Waals surface area (Å²) in [5.41, 5.74) is -0.0831. The minimum Gasteiger partial charge on any atom is -0.493 e. The van der Waals surface area contributed by atoms with Crippen LogP contribution in [0.2, 0.25) is 0 Å². The summed E-state index contributed by atoms with van der Waals surface area (Å²) in [6.07, 6.45) is 0. The van der Waals surface area contributed by atoms with Crippen LogP contribution in [0.25, 0.3) is 0 Å². The summed E-state index contributed by atoms with van der Waals surface area (Å²) in [5, 5.41) is 10.7. The smallest absolute Gasteiger partial charge is 0.273 e. The Morgan fingerprint density at radius 3 is 2.55 bits per heavy atom. The zero-order valence-corrected chi connectivity index (χ0v) is 11.8. The van der Waals surface area contributed by atoms with E-state index in [0.29, 0.717) is 11.5 Å². The van der Waals surface area contributed by atoms with Crippen molar-refractivity contribution >= 4 is 5.69 Å². The molecule has 0 spiro atoms. The number of nitro benzene ring substituents is 1. The van der Waals surface area contributed by atoms with Gasteiger partial charge in [-0.15, -0.1) is 0 Å². The number of non-ortho nitro benzene ring substituents is 1. The molecule has 0 heterocycles. The highest BCUT2D eigenvalue weighted by molar-refractivity contribution is 5.48. The minimum absolute atomic E-state index is 0.0831. The van der Waals surface area contributed by atoms with Crippen molar-refractivity contribution in [3.8, 4) is 17.2 Å². The zero-order chi connectivity index (χ0) is 15.9. The molecule has 116 valence electrons. The van der Waals surface area contributed by atoms with Crippen LogP contribution < -0.4 is 14.2 Å². The van der Waals surface area contributed by atoms with E-state index >= 15 is 0 Å². The number of hydrogen-bond acceptors (Lipinski definition) is 5. The van der Waals surface area contributed by atoms with Gasteiger partial charge in [0.2, 0.25) is 0 Å². The Balaban J connectivity index is 1.90. The fourth-order valence-electron chi connectivity index (χ4n) is 1.76. The van der Waals surface area contributed by atoms with E-state index in [0.717, 1.165) is 0 Å². The molecule has 0 fully saturated rings. The summed E-state index contributed by atoms with van der Waals surface area (Å²) < 4.78 is 28.8. The molecule has 0 saturated heterocycles. The molecule has 0 N–H and O–H groups in total. The predicted molar refractivity (Wildman–Crippen MR) is 77.0 cm³/mol. The van der Waals surface area contributed by atoms with E-state index in [4.69, 9.17) is 14.2 Å². The van der Waals surface area contributed by atoms with E-state index in [2.05, 4.69) is 0 Å². The summed E-state index contributed by atoms with van der Waals surface area (Å²) in [4.78, 5) is 10.2. The number of nitro groups is 1. The van der Waals surface area contributed by atoms with Gasteiger partial charge in [-0.3, -0.25) is 10.1 Å². The maximum atomic E-state index is 13.0. The lowest BCUT2D eigenvalue weighted by atomic mass is 10.3. The number of nitrogens with zero attached hydrogens (tertiary/aromatic N) is 1. The lowest BCUT2D eigenvalue weighted by Crippen LogP contribution is -2.09. The molecule has 2 aromatic carbocycles. The maximum absolute atomic E-state index is 13.0. The van der Waals surface area contributed by atoms with Crippen LogP contribution in [-0.4, -0.2) is 25.2 Å². The molecule has 2 rings (SSSR count). The van der Waals surface area contributed by atoms with Crippen molar-refractivity contribution in [1.82, 2.24) is 0 Å². The first kappa shape index (κ1) is 15.6. The fraction of sp³-hybridized carbons (Fsp3) is 0.200. The number of benzene rings is 2. The monoisotopic (exact) mass is 307 g/mol. The summed E-state index contributed by atoms with van der Waals surface area (Å²) in [6.45, 7) is 0.383. The lowest BCUT2D eigenvalue weighted by molar-refractivity contribution is -0.384. The van der Waals surface area contributed by atoms with Crippen molar-refractivity contribution in [3.05, 3.63) is 58.4 Å². The number of halogens is 1. The van der Waals surface area contributed by atoms with Gasteiger partial charge in [0.05, 0.1) is 18.1 Å². The second-order valence-electron chi connectivity index (χ2n) is 4.25. The number of ether oxygens (including phenoxy) is 3. The molecular weight excluding hydrogens is 293 g/mol. The molecule has 0 radical (unpaired) electrons. The van der Waals surface area contributed by atoms with Crippen LogP contribution >= 0.6 is 0 Å². The summed E-state index contributed by atoms with van der Waals surface area (Å²) in [7, 11) is 1.40. The Labute approximate surface area is 126 Å². The van der Waals surface area contributed by atoms with Crippen LogP contribution in [0.15, 0.2) is 42.5 Å². The molecule has 0 bridgehead atoms. The van der Waals surface area contributed by atoms with Crippen LogP contribution in [0.1, 0.15) is 0 Å². The second-order valence-corrected chi connectivity index (χ2v) is 4.25. The normalized spacial score (nSPS) is 10.1. The molecule has 6 nitrogen and oxygen atoms in total. The van der Waals surface area contributed by atoms with Gasteiger partial charge >= 0.3 is 0 Å². The largest absolute Gasteiger partial charge is 0.493 e. The molecule has 0 aliphatic carbocycles. The number of rotatable bonds is 7. The highest BCUT2D eigenvalue weighted by atomic mass is 19.1. The van der Waals surface area contributed by atoms with Crippen molar-refractivity contribution in [3.63, 3.8) is 0 Å². The molecule has 0 atom stereocenters. The SMILES string of the molecule is COc1cc([N+](=O)[O-])ccc1OCCOc1cccc(F)c1. The van der Waals surface area contributed by atoms with Gasteiger partial charge < -0.3 is 14.2 Å². The van der Waals surface area contributed by atoms with Gasteiger partial charge in [-0.05, 0) is 18.2 Å². The van der Waals surface area contributed by atoms with Crippen molar-refractivity contribution in [2.75, 3.05) is 20.3 Å². The highest BCUT2D eigenvalue weighted by Gasteiger charge is 2.12. The first-order valence-corrected chi connectivity index (χ1v) is 6.44. The van der Waals surface area contributed by atoms with Gasteiger partial charge in [0, 0.05) is 12.1 Å². The average molecular weight is 307 g/mol. The molecule has 22 heavy (non-hydrogen) atoms. The van der Waals surface area contributed by atoms with E-state index < -0.39 is 4.92 Å². The Bertz CT molecular complexity index is 662. The van der Waals surface area contributed by atoms with Crippen LogP contribution in [-0.2, 0) is 0 Å². The minimum atomic E-state index is -0.515.